The van der Waals surface area contributed by atoms with Crippen molar-refractivity contribution in [1.82, 2.24) is 0 Å². The lowest BCUT2D eigenvalue weighted by Crippen LogP contribution is -2.59. The molecule has 9 heteroatoms. The van der Waals surface area contributed by atoms with Crippen LogP contribution >= 0.6 is 0 Å². The molecule has 8 nitrogen and oxygen atoms in total. The average molecular weight is 476 g/mol. The molecule has 0 bridgehead atoms. The van der Waals surface area contributed by atoms with Crippen molar-refractivity contribution in [3.63, 3.8) is 0 Å². The molecule has 0 aromatic rings. The third-order valence-electron chi connectivity index (χ3n) is 5.90. The maximum Gasteiger partial charge on any atom is 0.267 e. The molecule has 0 saturated carbocycles. The summed E-state index contributed by atoms with van der Waals surface area (Å²) < 4.78 is 31.1. The van der Waals surface area contributed by atoms with Crippen molar-refractivity contribution in [1.29, 1.82) is 0 Å². The summed E-state index contributed by atoms with van der Waals surface area (Å²) in [4.78, 5) is 17.1. The number of hydrogen-bond donors (Lipinski definition) is 3. The van der Waals surface area contributed by atoms with Crippen molar-refractivity contribution in [2.75, 3.05) is 38.5 Å². The molecule has 186 valence electrons. The van der Waals surface area contributed by atoms with Crippen molar-refractivity contribution in [2.24, 2.45) is 4.99 Å². The van der Waals surface area contributed by atoms with E-state index in [2.05, 4.69) is 24.1 Å². The molecule has 0 amide bonds. The maximum absolute atomic E-state index is 12.8. The predicted octanol–water partition coefficient (Wildman–Crippen LogP) is 2.89. The van der Waals surface area contributed by atoms with E-state index >= 15 is 0 Å². The second kappa shape index (κ2) is 15.7. The Labute approximate surface area is 193 Å². The van der Waals surface area contributed by atoms with Crippen LogP contribution < -0.4 is 0 Å². The molecule has 32 heavy (non-hydrogen) atoms. The fraction of sp³-hybridized carbons (Fsp3) is 0.826. The Morgan fingerprint density at radius 2 is 1.72 bits per heavy atom. The first-order valence-electron chi connectivity index (χ1n) is 12.1. The van der Waals surface area contributed by atoms with Gasteiger partial charge in [0.15, 0.2) is 0 Å². The number of aliphatic hydroxyl groups excluding tert-OH is 2. The van der Waals surface area contributed by atoms with E-state index in [4.69, 9.17) is 4.55 Å². The molecule has 3 N–H and O–H groups in total. The summed E-state index contributed by atoms with van der Waals surface area (Å²) in [5.74, 6) is -0.611. The normalized spacial score (nSPS) is 20.1. The molecular formula is C23H43N2O6S+. The molecule has 0 aromatic heterocycles. The summed E-state index contributed by atoms with van der Waals surface area (Å²) in [6, 6.07) is 0. The van der Waals surface area contributed by atoms with Crippen molar-refractivity contribution >= 4 is 21.7 Å². The summed E-state index contributed by atoms with van der Waals surface area (Å²) in [5.41, 5.74) is 0. The second-order valence-corrected chi connectivity index (χ2v) is 10.3. The molecule has 0 aliphatic carbocycles. The summed E-state index contributed by atoms with van der Waals surface area (Å²) in [6.45, 7) is 2.92. The Morgan fingerprint density at radius 1 is 1.09 bits per heavy atom. The van der Waals surface area contributed by atoms with Gasteiger partial charge in [-0.05, 0) is 32.1 Å². The fourth-order valence-electron chi connectivity index (χ4n) is 4.27. The van der Waals surface area contributed by atoms with Gasteiger partial charge in [-0.3, -0.25) is 13.8 Å². The minimum absolute atomic E-state index is 0.0347. The number of ketones is 1. The molecule has 0 spiro atoms. The highest BCUT2D eigenvalue weighted by molar-refractivity contribution is 7.85. The SMILES string of the molecule is CCCCCCC/C=C/CCCCCC(=O)C1=NCC[N+]1(CCO)CC(O)CS(=O)(=O)O. The Kier molecular flexibility index (Phi) is 14.1. The first-order valence-corrected chi connectivity index (χ1v) is 13.7. The summed E-state index contributed by atoms with van der Waals surface area (Å²) >= 11 is 0. The van der Waals surface area contributed by atoms with Gasteiger partial charge in [0.2, 0.25) is 5.78 Å². The van der Waals surface area contributed by atoms with Crippen LogP contribution in [0, 0.1) is 0 Å². The summed E-state index contributed by atoms with van der Waals surface area (Å²) in [6.07, 6.45) is 14.8. The van der Waals surface area contributed by atoms with Crippen molar-refractivity contribution < 1.29 is 32.5 Å². The van der Waals surface area contributed by atoms with Gasteiger partial charge < -0.3 is 10.2 Å². The van der Waals surface area contributed by atoms with Gasteiger partial charge in [-0.25, -0.2) is 4.99 Å². The standard InChI is InChI=1S/C23H42N2O6S/c1-2-3-4-5-6-7-8-9-10-11-12-13-14-22(28)23-24-15-16-25(23,17-18-26)19-21(27)20-32(29,30)31/h8-9,21,26-27H,2-7,10-20H2,1H3/p+1/b9-8+. The molecule has 0 radical (unpaired) electrons. The van der Waals surface area contributed by atoms with Crippen molar-refractivity contribution in [2.45, 2.75) is 83.7 Å². The lowest BCUT2D eigenvalue weighted by molar-refractivity contribution is -0.837. The van der Waals surface area contributed by atoms with Gasteiger partial charge in [0, 0.05) is 6.42 Å². The van der Waals surface area contributed by atoms with E-state index in [1.807, 2.05) is 0 Å². The van der Waals surface area contributed by atoms with Gasteiger partial charge in [0.1, 0.15) is 31.5 Å². The molecule has 0 aromatic carbocycles. The zero-order chi connectivity index (χ0) is 23.9. The van der Waals surface area contributed by atoms with E-state index < -0.39 is 22.0 Å². The topological polar surface area (TPSA) is 124 Å². The van der Waals surface area contributed by atoms with E-state index in [9.17, 15) is 23.4 Å². The number of carbonyl (C=O) groups is 1. The quantitative estimate of drug-likeness (QED) is 0.114. The van der Waals surface area contributed by atoms with Crippen LogP contribution in [-0.4, -0.2) is 83.9 Å². The number of carbonyl (C=O) groups excluding carboxylic acids is 1. The molecule has 0 fully saturated rings. The number of amidine groups is 1. The van der Waals surface area contributed by atoms with Crippen LogP contribution in [0.25, 0.3) is 0 Å². The smallest absolute Gasteiger partial charge is 0.267 e. The van der Waals surface area contributed by atoms with E-state index in [-0.39, 0.29) is 30.0 Å². The number of hydrogen-bond acceptors (Lipinski definition) is 6. The summed E-state index contributed by atoms with van der Waals surface area (Å²) in [5, 5.41) is 19.6. The largest absolute Gasteiger partial charge is 0.390 e. The first-order chi connectivity index (χ1) is 15.2. The van der Waals surface area contributed by atoms with Crippen LogP contribution in [0.3, 0.4) is 0 Å². The lowest BCUT2D eigenvalue weighted by atomic mass is 10.1. The lowest BCUT2D eigenvalue weighted by Gasteiger charge is -2.34. The van der Waals surface area contributed by atoms with Crippen LogP contribution in [0.2, 0.25) is 0 Å². The molecule has 2 unspecified atom stereocenters. The second-order valence-electron chi connectivity index (χ2n) is 8.80. The van der Waals surface area contributed by atoms with E-state index in [0.29, 0.717) is 25.3 Å². The van der Waals surface area contributed by atoms with Crippen LogP contribution in [0.15, 0.2) is 17.1 Å². The molecule has 2 atom stereocenters. The molecule has 1 aliphatic rings. The minimum Gasteiger partial charge on any atom is -0.390 e. The summed E-state index contributed by atoms with van der Waals surface area (Å²) in [7, 11) is -4.33. The van der Waals surface area contributed by atoms with Crippen LogP contribution in [0.5, 0.6) is 0 Å². The van der Waals surface area contributed by atoms with Crippen molar-refractivity contribution in [3.8, 4) is 0 Å². The Bertz CT molecular complexity index is 707. The Morgan fingerprint density at radius 3 is 2.31 bits per heavy atom. The maximum atomic E-state index is 12.8. The predicted molar refractivity (Wildman–Crippen MR) is 127 cm³/mol. The number of aliphatic imine (C=N–C) groups is 1. The fourth-order valence-corrected chi connectivity index (χ4v) is 4.86. The monoisotopic (exact) mass is 475 g/mol. The number of aliphatic hydroxyl groups is 2. The van der Waals surface area contributed by atoms with Gasteiger partial charge in [0.05, 0.1) is 13.2 Å². The third kappa shape index (κ3) is 11.7. The highest BCUT2D eigenvalue weighted by Crippen LogP contribution is 2.20. The Balaban J connectivity index is 2.38. The van der Waals surface area contributed by atoms with E-state index in [1.165, 1.54) is 32.1 Å². The molecule has 1 rings (SSSR count). The number of unbranched alkanes of at least 4 members (excludes halogenated alkanes) is 8. The van der Waals surface area contributed by atoms with E-state index in [1.54, 1.807) is 0 Å². The zero-order valence-corrected chi connectivity index (χ0v) is 20.4. The minimum atomic E-state index is -4.33. The van der Waals surface area contributed by atoms with Gasteiger partial charge in [-0.15, -0.1) is 0 Å². The number of rotatable bonds is 19. The molecule has 1 aliphatic heterocycles. The highest BCUT2D eigenvalue weighted by Gasteiger charge is 2.43. The number of allylic oxidation sites excluding steroid dienone is 2. The average Bonchev–Trinajstić information content (AvgIpc) is 3.10. The third-order valence-corrected chi connectivity index (χ3v) is 6.70. The molecule has 1 heterocycles. The van der Waals surface area contributed by atoms with Gasteiger partial charge in [-0.1, -0.05) is 51.2 Å². The molecular weight excluding hydrogens is 432 g/mol. The number of quaternary nitrogens is 1. The zero-order valence-electron chi connectivity index (χ0n) is 19.6. The van der Waals surface area contributed by atoms with E-state index in [0.717, 1.165) is 32.1 Å². The van der Waals surface area contributed by atoms with Gasteiger partial charge >= 0.3 is 0 Å². The molecule has 0 saturated heterocycles. The number of nitrogens with zero attached hydrogens (tertiary/aromatic N) is 2. The van der Waals surface area contributed by atoms with Crippen LogP contribution in [0.1, 0.15) is 77.6 Å². The number of Topliss-reactive ketones (excluding diaryl/α,β-unsaturated/α-hetero) is 1. The van der Waals surface area contributed by atoms with Crippen LogP contribution in [0.4, 0.5) is 0 Å². The highest BCUT2D eigenvalue weighted by atomic mass is 32.2. The van der Waals surface area contributed by atoms with Gasteiger partial charge in [0.25, 0.3) is 16.0 Å². The first kappa shape index (κ1) is 28.9. The van der Waals surface area contributed by atoms with Crippen LogP contribution in [-0.2, 0) is 14.9 Å². The Hall–Kier alpha value is -1.13. The van der Waals surface area contributed by atoms with Gasteiger partial charge in [-0.2, -0.15) is 8.42 Å². The van der Waals surface area contributed by atoms with Crippen molar-refractivity contribution in [3.05, 3.63) is 12.2 Å².